The van der Waals surface area contributed by atoms with Crippen molar-refractivity contribution in [2.75, 3.05) is 38.5 Å². The molecule has 7 nitrogen and oxygen atoms in total. The van der Waals surface area contributed by atoms with Crippen LogP contribution in [-0.4, -0.2) is 60.0 Å². The molecular formula is C15H18N4O3. The lowest BCUT2D eigenvalue weighted by Gasteiger charge is -2.19. The molecule has 0 unspecified atom stereocenters. The predicted octanol–water partition coefficient (Wildman–Crippen LogP) is 0.930. The van der Waals surface area contributed by atoms with Crippen molar-refractivity contribution in [3.63, 3.8) is 0 Å². The van der Waals surface area contributed by atoms with Gasteiger partial charge in [-0.05, 0) is 32.1 Å². The number of rotatable bonds is 1. The van der Waals surface area contributed by atoms with Crippen molar-refractivity contribution < 1.29 is 14.1 Å². The minimum absolute atomic E-state index is 0.279. The number of hydrogen-bond donors (Lipinski definition) is 1. The number of carbonyl (C=O) groups is 2. The van der Waals surface area contributed by atoms with Crippen LogP contribution in [0.1, 0.15) is 6.42 Å². The van der Waals surface area contributed by atoms with Gasteiger partial charge in [0, 0.05) is 19.6 Å². The Bertz CT molecular complexity index is 697. The molecule has 0 bridgehead atoms. The quantitative estimate of drug-likeness (QED) is 0.793. The van der Waals surface area contributed by atoms with Gasteiger partial charge in [0.05, 0.1) is 5.39 Å². The summed E-state index contributed by atoms with van der Waals surface area (Å²) in [5, 5.41) is 7.03. The van der Waals surface area contributed by atoms with Gasteiger partial charge in [-0.1, -0.05) is 17.3 Å². The molecule has 1 aliphatic heterocycles. The molecule has 3 rings (SSSR count). The molecule has 0 atom stereocenters. The topological polar surface area (TPSA) is 78.7 Å². The molecule has 1 aromatic carbocycles. The number of amides is 2. The van der Waals surface area contributed by atoms with Crippen LogP contribution in [0.4, 0.5) is 5.82 Å². The van der Waals surface area contributed by atoms with E-state index in [1.54, 1.807) is 17.0 Å². The summed E-state index contributed by atoms with van der Waals surface area (Å²) in [7, 11) is 2.01. The van der Waals surface area contributed by atoms with Gasteiger partial charge in [-0.3, -0.25) is 14.9 Å². The Morgan fingerprint density at radius 2 is 2.00 bits per heavy atom. The van der Waals surface area contributed by atoms with E-state index in [0.29, 0.717) is 24.1 Å². The summed E-state index contributed by atoms with van der Waals surface area (Å²) in [6, 6.07) is 7.18. The number of fused-ring (bicyclic) bond motifs is 1. The van der Waals surface area contributed by atoms with E-state index in [0.717, 1.165) is 19.5 Å². The number of hydrogen-bond acceptors (Lipinski definition) is 5. The fourth-order valence-corrected chi connectivity index (χ4v) is 2.53. The van der Waals surface area contributed by atoms with Gasteiger partial charge in [-0.15, -0.1) is 0 Å². The molecule has 1 fully saturated rings. The van der Waals surface area contributed by atoms with Crippen LogP contribution in [0, 0.1) is 0 Å². The predicted molar refractivity (Wildman–Crippen MR) is 81.3 cm³/mol. The second-order valence-electron chi connectivity index (χ2n) is 5.43. The van der Waals surface area contributed by atoms with E-state index in [2.05, 4.69) is 15.4 Å². The second-order valence-corrected chi connectivity index (χ2v) is 5.43. The Kier molecular flexibility index (Phi) is 4.06. The fourth-order valence-electron chi connectivity index (χ4n) is 2.53. The maximum atomic E-state index is 12.3. The zero-order chi connectivity index (χ0) is 15.5. The molecule has 2 amide bonds. The highest BCUT2D eigenvalue weighted by molar-refractivity contribution is 6.39. The molecule has 1 aliphatic rings. The van der Waals surface area contributed by atoms with E-state index in [1.165, 1.54) is 0 Å². The van der Waals surface area contributed by atoms with Gasteiger partial charge >= 0.3 is 11.8 Å². The van der Waals surface area contributed by atoms with E-state index in [9.17, 15) is 9.59 Å². The molecule has 1 aromatic heterocycles. The molecule has 2 heterocycles. The summed E-state index contributed by atoms with van der Waals surface area (Å²) in [6.07, 6.45) is 0.864. The van der Waals surface area contributed by atoms with Gasteiger partial charge in [0.2, 0.25) is 0 Å². The highest BCUT2D eigenvalue weighted by Gasteiger charge is 2.25. The molecule has 0 radical (unpaired) electrons. The molecule has 0 spiro atoms. The highest BCUT2D eigenvalue weighted by atomic mass is 16.5. The van der Waals surface area contributed by atoms with E-state index in [1.807, 2.05) is 19.2 Å². The van der Waals surface area contributed by atoms with Gasteiger partial charge in [-0.25, -0.2) is 0 Å². The number of nitrogens with one attached hydrogen (secondary N) is 1. The largest absolute Gasteiger partial charge is 0.354 e. The van der Waals surface area contributed by atoms with Crippen LogP contribution in [0.15, 0.2) is 28.8 Å². The zero-order valence-corrected chi connectivity index (χ0v) is 12.4. The molecule has 0 saturated carbocycles. The molecule has 2 aromatic rings. The normalized spacial score (nSPS) is 16.5. The molecular weight excluding hydrogens is 284 g/mol. The Labute approximate surface area is 127 Å². The van der Waals surface area contributed by atoms with Crippen LogP contribution in [0.2, 0.25) is 0 Å². The van der Waals surface area contributed by atoms with Crippen molar-refractivity contribution in [2.45, 2.75) is 6.42 Å². The van der Waals surface area contributed by atoms with Crippen LogP contribution in [0.5, 0.6) is 0 Å². The van der Waals surface area contributed by atoms with Crippen molar-refractivity contribution in [1.29, 1.82) is 0 Å². The summed E-state index contributed by atoms with van der Waals surface area (Å²) in [4.78, 5) is 28.1. The van der Waals surface area contributed by atoms with Crippen LogP contribution in [0.3, 0.4) is 0 Å². The van der Waals surface area contributed by atoms with E-state index in [-0.39, 0.29) is 5.82 Å². The van der Waals surface area contributed by atoms with Crippen LogP contribution >= 0.6 is 0 Å². The first kappa shape index (κ1) is 14.5. The average molecular weight is 302 g/mol. The monoisotopic (exact) mass is 302 g/mol. The average Bonchev–Trinajstić information content (AvgIpc) is 2.80. The summed E-state index contributed by atoms with van der Waals surface area (Å²) >= 11 is 0. The summed E-state index contributed by atoms with van der Waals surface area (Å²) in [5.41, 5.74) is 0.571. The van der Waals surface area contributed by atoms with Gasteiger partial charge in [0.15, 0.2) is 11.4 Å². The molecule has 22 heavy (non-hydrogen) atoms. The third kappa shape index (κ3) is 2.94. The molecule has 116 valence electrons. The molecule has 1 N–H and O–H groups in total. The van der Waals surface area contributed by atoms with E-state index >= 15 is 0 Å². The summed E-state index contributed by atoms with van der Waals surface area (Å²) in [6.45, 7) is 2.85. The first-order chi connectivity index (χ1) is 10.6. The number of likely N-dealkylation sites (N-methyl/N-ethyl adjacent to an activating group) is 1. The number of carbonyl (C=O) groups excluding carboxylic acids is 2. The van der Waals surface area contributed by atoms with Crippen LogP contribution in [-0.2, 0) is 9.59 Å². The number of aromatic nitrogens is 1. The first-order valence-electron chi connectivity index (χ1n) is 7.28. The van der Waals surface area contributed by atoms with Gasteiger partial charge in [0.25, 0.3) is 0 Å². The fraction of sp³-hybridized carbons (Fsp3) is 0.400. The van der Waals surface area contributed by atoms with Gasteiger partial charge in [-0.2, -0.15) is 0 Å². The second kappa shape index (κ2) is 6.15. The van der Waals surface area contributed by atoms with E-state index in [4.69, 9.17) is 4.52 Å². The van der Waals surface area contributed by atoms with Gasteiger partial charge in [0.1, 0.15) is 0 Å². The molecule has 7 heteroatoms. The maximum absolute atomic E-state index is 12.3. The lowest BCUT2D eigenvalue weighted by molar-refractivity contribution is -0.143. The Hall–Kier alpha value is -2.41. The number of nitrogens with zero attached hydrogens (tertiary/aromatic N) is 3. The third-order valence-electron chi connectivity index (χ3n) is 3.81. The lowest BCUT2D eigenvalue weighted by Crippen LogP contribution is -2.41. The number of benzene rings is 1. The minimum atomic E-state index is -0.677. The summed E-state index contributed by atoms with van der Waals surface area (Å²) in [5.74, 6) is -0.924. The first-order valence-corrected chi connectivity index (χ1v) is 7.28. The molecule has 0 aliphatic carbocycles. The molecule has 1 saturated heterocycles. The van der Waals surface area contributed by atoms with E-state index < -0.39 is 11.8 Å². The lowest BCUT2D eigenvalue weighted by atomic mass is 10.2. The SMILES string of the molecule is CN1CCCN(C(=O)C(=O)Nc2noc3ccccc23)CC1. The zero-order valence-electron chi connectivity index (χ0n) is 12.4. The van der Waals surface area contributed by atoms with Crippen molar-refractivity contribution in [1.82, 2.24) is 15.0 Å². The van der Waals surface area contributed by atoms with Gasteiger partial charge < -0.3 is 14.3 Å². The minimum Gasteiger partial charge on any atom is -0.354 e. The number of para-hydroxylation sites is 1. The Balaban J connectivity index is 1.70. The Morgan fingerprint density at radius 1 is 1.18 bits per heavy atom. The van der Waals surface area contributed by atoms with Crippen LogP contribution in [0.25, 0.3) is 11.0 Å². The van der Waals surface area contributed by atoms with Crippen molar-refractivity contribution in [2.24, 2.45) is 0 Å². The standard InChI is InChI=1S/C15H18N4O3/c1-18-7-4-8-19(10-9-18)15(21)14(20)16-13-11-5-2-3-6-12(11)22-17-13/h2-3,5-6H,4,7-10H2,1H3,(H,16,17,20). The van der Waals surface area contributed by atoms with Crippen molar-refractivity contribution in [3.8, 4) is 0 Å². The Morgan fingerprint density at radius 3 is 2.86 bits per heavy atom. The van der Waals surface area contributed by atoms with Crippen molar-refractivity contribution >= 4 is 28.6 Å². The number of anilines is 1. The highest BCUT2D eigenvalue weighted by Crippen LogP contribution is 2.21. The maximum Gasteiger partial charge on any atom is 0.315 e. The van der Waals surface area contributed by atoms with Crippen LogP contribution < -0.4 is 5.32 Å². The van der Waals surface area contributed by atoms with Crippen molar-refractivity contribution in [3.05, 3.63) is 24.3 Å². The summed E-state index contributed by atoms with van der Waals surface area (Å²) < 4.78 is 5.11. The smallest absolute Gasteiger partial charge is 0.315 e. The third-order valence-corrected chi connectivity index (χ3v) is 3.81.